The summed E-state index contributed by atoms with van der Waals surface area (Å²) in [5.41, 5.74) is 6.66. The molecule has 2 rings (SSSR count). The van der Waals surface area contributed by atoms with Crippen LogP contribution in [0.5, 0.6) is 0 Å². The van der Waals surface area contributed by atoms with Gasteiger partial charge in [-0.15, -0.1) is 0 Å². The molecule has 0 bridgehead atoms. The van der Waals surface area contributed by atoms with E-state index >= 15 is 0 Å². The fraction of sp³-hybridized carbons (Fsp3) is 0.714. The van der Waals surface area contributed by atoms with E-state index < -0.39 is 0 Å². The number of furan rings is 1. The number of hydrogen-bond acceptors (Lipinski definition) is 4. The highest BCUT2D eigenvalue weighted by atomic mass is 16.5. The first-order valence-corrected chi connectivity index (χ1v) is 6.65. The highest BCUT2D eigenvalue weighted by Gasteiger charge is 2.22. The largest absolute Gasteiger partial charge is 0.465 e. The van der Waals surface area contributed by atoms with Crippen molar-refractivity contribution < 1.29 is 13.9 Å². The van der Waals surface area contributed by atoms with Crippen molar-refractivity contribution in [1.29, 1.82) is 0 Å². The fourth-order valence-corrected chi connectivity index (χ4v) is 2.51. The van der Waals surface area contributed by atoms with Crippen molar-refractivity contribution in [1.82, 2.24) is 0 Å². The van der Waals surface area contributed by atoms with Crippen LogP contribution in [0.15, 0.2) is 10.5 Å². The van der Waals surface area contributed by atoms with Gasteiger partial charge in [-0.3, -0.25) is 0 Å². The van der Waals surface area contributed by atoms with Gasteiger partial charge in [-0.05, 0) is 38.7 Å². The number of aryl methyl sites for hydroxylation is 1. The van der Waals surface area contributed by atoms with E-state index in [9.17, 15) is 0 Å². The second-order valence-electron chi connectivity index (χ2n) is 4.96. The van der Waals surface area contributed by atoms with E-state index in [1.807, 2.05) is 13.0 Å². The SMILES string of the molecule is COC1CCCC(OCc2cc(CN)oc2C)C1. The number of hydrogen-bond donors (Lipinski definition) is 1. The standard InChI is InChI=1S/C14H23NO3/c1-10-11(6-14(8-15)18-10)9-17-13-5-3-4-12(7-13)16-2/h6,12-13H,3-5,7-9,15H2,1-2H3. The average Bonchev–Trinajstić information content (AvgIpc) is 2.77. The summed E-state index contributed by atoms with van der Waals surface area (Å²) in [7, 11) is 1.78. The molecule has 0 saturated heterocycles. The molecular formula is C14H23NO3. The lowest BCUT2D eigenvalue weighted by Gasteiger charge is -2.28. The summed E-state index contributed by atoms with van der Waals surface area (Å²) in [5, 5.41) is 0. The molecule has 1 saturated carbocycles. The fourth-order valence-electron chi connectivity index (χ4n) is 2.51. The van der Waals surface area contributed by atoms with Crippen LogP contribution in [-0.2, 0) is 22.6 Å². The maximum Gasteiger partial charge on any atom is 0.118 e. The summed E-state index contributed by atoms with van der Waals surface area (Å²) in [4.78, 5) is 0. The topological polar surface area (TPSA) is 57.6 Å². The van der Waals surface area contributed by atoms with Crippen molar-refractivity contribution >= 4 is 0 Å². The molecule has 0 amide bonds. The molecule has 2 N–H and O–H groups in total. The first-order valence-electron chi connectivity index (χ1n) is 6.65. The maximum absolute atomic E-state index is 5.96. The molecule has 0 aliphatic heterocycles. The third kappa shape index (κ3) is 3.34. The Kier molecular flexibility index (Phi) is 4.80. The van der Waals surface area contributed by atoms with E-state index in [0.29, 0.717) is 25.4 Å². The second kappa shape index (κ2) is 6.36. The van der Waals surface area contributed by atoms with Crippen LogP contribution in [-0.4, -0.2) is 19.3 Å². The van der Waals surface area contributed by atoms with Crippen LogP contribution >= 0.6 is 0 Å². The van der Waals surface area contributed by atoms with Crippen molar-refractivity contribution in [3.63, 3.8) is 0 Å². The van der Waals surface area contributed by atoms with Gasteiger partial charge in [0.2, 0.25) is 0 Å². The normalized spacial score (nSPS) is 24.4. The molecule has 2 atom stereocenters. The van der Waals surface area contributed by atoms with Crippen molar-refractivity contribution in [2.75, 3.05) is 7.11 Å². The van der Waals surface area contributed by atoms with Gasteiger partial charge in [0, 0.05) is 12.7 Å². The second-order valence-corrected chi connectivity index (χ2v) is 4.96. The van der Waals surface area contributed by atoms with Crippen LogP contribution in [0, 0.1) is 6.92 Å². The maximum atomic E-state index is 5.96. The molecule has 18 heavy (non-hydrogen) atoms. The number of rotatable bonds is 5. The minimum Gasteiger partial charge on any atom is -0.465 e. The molecule has 0 radical (unpaired) electrons. The highest BCUT2D eigenvalue weighted by Crippen LogP contribution is 2.25. The van der Waals surface area contributed by atoms with E-state index in [-0.39, 0.29) is 0 Å². The Morgan fingerprint density at radius 3 is 2.83 bits per heavy atom. The van der Waals surface area contributed by atoms with E-state index in [1.54, 1.807) is 7.11 Å². The zero-order chi connectivity index (χ0) is 13.0. The summed E-state index contributed by atoms with van der Waals surface area (Å²) in [6.07, 6.45) is 5.12. The molecule has 1 aliphatic carbocycles. The molecule has 0 aromatic carbocycles. The smallest absolute Gasteiger partial charge is 0.118 e. The van der Waals surface area contributed by atoms with Gasteiger partial charge in [-0.25, -0.2) is 0 Å². The van der Waals surface area contributed by atoms with Crippen LogP contribution in [0.25, 0.3) is 0 Å². The molecule has 1 aliphatic rings. The quantitative estimate of drug-likeness (QED) is 0.876. The van der Waals surface area contributed by atoms with Crippen LogP contribution in [0.3, 0.4) is 0 Å². The minimum atomic E-state index is 0.305. The number of methoxy groups -OCH3 is 1. The number of ether oxygens (including phenoxy) is 2. The van der Waals surface area contributed by atoms with Crippen molar-refractivity contribution in [3.05, 3.63) is 23.2 Å². The first-order chi connectivity index (χ1) is 8.72. The van der Waals surface area contributed by atoms with E-state index in [2.05, 4.69) is 0 Å². The average molecular weight is 253 g/mol. The van der Waals surface area contributed by atoms with Gasteiger partial charge in [-0.2, -0.15) is 0 Å². The van der Waals surface area contributed by atoms with E-state index in [0.717, 1.165) is 36.3 Å². The van der Waals surface area contributed by atoms with Gasteiger partial charge in [0.05, 0.1) is 25.4 Å². The number of nitrogens with two attached hydrogens (primary N) is 1. The Morgan fingerprint density at radius 1 is 1.39 bits per heavy atom. The lowest BCUT2D eigenvalue weighted by molar-refractivity contribution is -0.0365. The molecule has 4 heteroatoms. The van der Waals surface area contributed by atoms with Crippen molar-refractivity contribution in [3.8, 4) is 0 Å². The summed E-state index contributed by atoms with van der Waals surface area (Å²) in [5.74, 6) is 1.74. The summed E-state index contributed by atoms with van der Waals surface area (Å²) in [6.45, 7) is 3.00. The molecule has 0 spiro atoms. The molecule has 1 heterocycles. The molecule has 1 aromatic rings. The monoisotopic (exact) mass is 253 g/mol. The highest BCUT2D eigenvalue weighted by molar-refractivity contribution is 5.19. The lowest BCUT2D eigenvalue weighted by Crippen LogP contribution is -2.27. The van der Waals surface area contributed by atoms with E-state index in [4.69, 9.17) is 19.6 Å². The minimum absolute atomic E-state index is 0.305. The third-order valence-electron chi connectivity index (χ3n) is 3.66. The lowest BCUT2D eigenvalue weighted by atomic mass is 9.95. The Balaban J connectivity index is 1.85. The molecule has 2 unspecified atom stereocenters. The van der Waals surface area contributed by atoms with Gasteiger partial charge in [0.25, 0.3) is 0 Å². The zero-order valence-corrected chi connectivity index (χ0v) is 11.3. The predicted octanol–water partition coefficient (Wildman–Crippen LogP) is 2.52. The molecule has 1 aromatic heterocycles. The van der Waals surface area contributed by atoms with Crippen LogP contribution < -0.4 is 5.73 Å². The zero-order valence-electron chi connectivity index (χ0n) is 11.3. The van der Waals surface area contributed by atoms with Gasteiger partial charge < -0.3 is 19.6 Å². The Bertz CT molecular complexity index is 375. The Labute approximate surface area is 108 Å². The molecule has 1 fully saturated rings. The van der Waals surface area contributed by atoms with Gasteiger partial charge in [-0.1, -0.05) is 0 Å². The van der Waals surface area contributed by atoms with Gasteiger partial charge in [0.1, 0.15) is 11.5 Å². The molecule has 4 nitrogen and oxygen atoms in total. The van der Waals surface area contributed by atoms with Crippen molar-refractivity contribution in [2.24, 2.45) is 5.73 Å². The van der Waals surface area contributed by atoms with Crippen LogP contribution in [0.4, 0.5) is 0 Å². The molecular weight excluding hydrogens is 230 g/mol. The summed E-state index contributed by atoms with van der Waals surface area (Å²) < 4.78 is 16.9. The molecule has 102 valence electrons. The first kappa shape index (κ1) is 13.6. The third-order valence-corrected chi connectivity index (χ3v) is 3.66. The van der Waals surface area contributed by atoms with Crippen LogP contribution in [0.1, 0.15) is 42.8 Å². The predicted molar refractivity (Wildman–Crippen MR) is 69.2 cm³/mol. The van der Waals surface area contributed by atoms with Gasteiger partial charge >= 0.3 is 0 Å². The summed E-state index contributed by atoms with van der Waals surface area (Å²) >= 11 is 0. The summed E-state index contributed by atoms with van der Waals surface area (Å²) in [6, 6.07) is 1.99. The van der Waals surface area contributed by atoms with Gasteiger partial charge in [0.15, 0.2) is 0 Å². The Hall–Kier alpha value is -0.840. The van der Waals surface area contributed by atoms with Crippen molar-refractivity contribution in [2.45, 2.75) is 58.0 Å². The Morgan fingerprint density at radius 2 is 2.17 bits per heavy atom. The van der Waals surface area contributed by atoms with E-state index in [1.165, 1.54) is 6.42 Å². The van der Waals surface area contributed by atoms with Crippen LogP contribution in [0.2, 0.25) is 0 Å².